The predicted molar refractivity (Wildman–Crippen MR) is 50.3 cm³/mol. The highest BCUT2D eigenvalue weighted by Crippen LogP contribution is 1.96. The van der Waals surface area contributed by atoms with Crippen LogP contribution >= 0.6 is 24.8 Å². The first-order valence-corrected chi connectivity index (χ1v) is 2.97. The molecule has 10 heavy (non-hydrogen) atoms. The molecule has 0 N–H and O–H groups in total. The summed E-state index contributed by atoms with van der Waals surface area (Å²) in [6.07, 6.45) is 1.14. The molecular weight excluding hydrogens is 167 g/mol. The fraction of sp³-hybridized carbons (Fsp3) is 0.250. The third-order valence-electron chi connectivity index (χ3n) is 1.25. The number of benzene rings is 1. The van der Waals surface area contributed by atoms with Crippen molar-refractivity contribution in [3.63, 3.8) is 0 Å². The number of halogens is 2. The lowest BCUT2D eigenvalue weighted by Gasteiger charge is -1.89. The molecule has 1 aromatic rings. The minimum absolute atomic E-state index is 0. The van der Waals surface area contributed by atoms with E-state index in [4.69, 9.17) is 0 Å². The number of aryl methyl sites for hydroxylation is 1. The molecule has 58 valence electrons. The maximum absolute atomic E-state index is 2.16. The van der Waals surface area contributed by atoms with E-state index >= 15 is 0 Å². The monoisotopic (exact) mass is 178 g/mol. The van der Waals surface area contributed by atoms with E-state index in [1.165, 1.54) is 5.56 Å². The Bertz CT molecular complexity index is 149. The molecule has 0 nitrogen and oxygen atoms in total. The molecular formula is C8H12Cl2. The van der Waals surface area contributed by atoms with Gasteiger partial charge in [-0.25, -0.2) is 0 Å². The van der Waals surface area contributed by atoms with Gasteiger partial charge < -0.3 is 0 Å². The summed E-state index contributed by atoms with van der Waals surface area (Å²) in [7, 11) is 0. The van der Waals surface area contributed by atoms with Gasteiger partial charge in [-0.3, -0.25) is 0 Å². The molecule has 1 rings (SSSR count). The standard InChI is InChI=1S/C8H10.2ClH/c1-2-8-6-4-3-5-7-8;;/h3-7H,2H2,1H3;2*1H. The van der Waals surface area contributed by atoms with Crippen LogP contribution in [-0.2, 0) is 6.42 Å². The Morgan fingerprint density at radius 1 is 1.00 bits per heavy atom. The average molecular weight is 179 g/mol. The molecule has 0 atom stereocenters. The molecule has 0 radical (unpaired) electrons. The summed E-state index contributed by atoms with van der Waals surface area (Å²) >= 11 is 0. The second-order valence-electron chi connectivity index (χ2n) is 1.84. The maximum Gasteiger partial charge on any atom is -0.0307 e. The van der Waals surface area contributed by atoms with Crippen LogP contribution in [0.3, 0.4) is 0 Å². The molecule has 0 unspecified atom stereocenters. The van der Waals surface area contributed by atoms with E-state index in [1.54, 1.807) is 0 Å². The molecule has 1 aromatic carbocycles. The maximum atomic E-state index is 2.16. The first-order chi connectivity index (χ1) is 3.93. The smallest absolute Gasteiger partial charge is 0.0307 e. The van der Waals surface area contributed by atoms with E-state index in [9.17, 15) is 0 Å². The molecule has 0 spiro atoms. The third-order valence-corrected chi connectivity index (χ3v) is 1.25. The lowest BCUT2D eigenvalue weighted by molar-refractivity contribution is 1.14. The fourth-order valence-corrected chi connectivity index (χ4v) is 0.714. The van der Waals surface area contributed by atoms with Gasteiger partial charge in [0.25, 0.3) is 0 Å². The highest BCUT2D eigenvalue weighted by Gasteiger charge is 1.79. The Morgan fingerprint density at radius 3 is 1.80 bits per heavy atom. The molecule has 0 aliphatic rings. The largest absolute Gasteiger partial charge is 0.147 e. The number of rotatable bonds is 1. The van der Waals surface area contributed by atoms with E-state index in [0.29, 0.717) is 0 Å². The van der Waals surface area contributed by atoms with E-state index in [2.05, 4.69) is 31.2 Å². The van der Waals surface area contributed by atoms with Gasteiger partial charge in [0.05, 0.1) is 0 Å². The Labute approximate surface area is 74.5 Å². The van der Waals surface area contributed by atoms with Crippen LogP contribution < -0.4 is 0 Å². The van der Waals surface area contributed by atoms with Gasteiger partial charge in [0.1, 0.15) is 0 Å². The first kappa shape index (κ1) is 12.5. The van der Waals surface area contributed by atoms with Crippen LogP contribution in [0, 0.1) is 0 Å². The van der Waals surface area contributed by atoms with E-state index in [0.717, 1.165) is 6.42 Å². The Kier molecular flexibility index (Phi) is 8.62. The zero-order valence-electron chi connectivity index (χ0n) is 5.91. The van der Waals surface area contributed by atoms with E-state index < -0.39 is 0 Å². The van der Waals surface area contributed by atoms with Gasteiger partial charge in [-0.15, -0.1) is 24.8 Å². The Morgan fingerprint density at radius 2 is 1.50 bits per heavy atom. The third kappa shape index (κ3) is 3.76. The Hall–Kier alpha value is -0.200. The summed E-state index contributed by atoms with van der Waals surface area (Å²) in [6, 6.07) is 10.5. The van der Waals surface area contributed by atoms with Gasteiger partial charge >= 0.3 is 0 Å². The van der Waals surface area contributed by atoms with Crippen molar-refractivity contribution >= 4 is 24.8 Å². The molecule has 0 saturated heterocycles. The van der Waals surface area contributed by atoms with Crippen molar-refractivity contribution in [2.24, 2.45) is 0 Å². The summed E-state index contributed by atoms with van der Waals surface area (Å²) in [5, 5.41) is 0. The van der Waals surface area contributed by atoms with Crippen molar-refractivity contribution in [3.8, 4) is 0 Å². The summed E-state index contributed by atoms with van der Waals surface area (Å²) < 4.78 is 0. The first-order valence-electron chi connectivity index (χ1n) is 2.97. The summed E-state index contributed by atoms with van der Waals surface area (Å²) in [5.74, 6) is 0. The van der Waals surface area contributed by atoms with Crippen molar-refractivity contribution in [2.75, 3.05) is 0 Å². The normalized spacial score (nSPS) is 7.30. The summed E-state index contributed by atoms with van der Waals surface area (Å²) in [4.78, 5) is 0. The Balaban J connectivity index is 0. The minimum Gasteiger partial charge on any atom is -0.147 e. The van der Waals surface area contributed by atoms with Crippen molar-refractivity contribution in [1.82, 2.24) is 0 Å². The number of hydrogen-bond donors (Lipinski definition) is 0. The van der Waals surface area contributed by atoms with Gasteiger partial charge in [-0.05, 0) is 12.0 Å². The van der Waals surface area contributed by atoms with Crippen molar-refractivity contribution in [1.29, 1.82) is 0 Å². The molecule has 0 aromatic heterocycles. The molecule has 0 amide bonds. The van der Waals surface area contributed by atoms with Crippen molar-refractivity contribution in [2.45, 2.75) is 13.3 Å². The van der Waals surface area contributed by atoms with Gasteiger partial charge in [0, 0.05) is 0 Å². The van der Waals surface area contributed by atoms with Crippen LogP contribution in [0.4, 0.5) is 0 Å². The molecule has 2 heteroatoms. The van der Waals surface area contributed by atoms with Crippen LogP contribution in [0.25, 0.3) is 0 Å². The van der Waals surface area contributed by atoms with Crippen LogP contribution in [0.2, 0.25) is 0 Å². The van der Waals surface area contributed by atoms with Crippen LogP contribution in [0.15, 0.2) is 30.3 Å². The molecule has 0 aliphatic heterocycles. The van der Waals surface area contributed by atoms with Gasteiger partial charge in [-0.2, -0.15) is 0 Å². The predicted octanol–water partition coefficient (Wildman–Crippen LogP) is 3.09. The van der Waals surface area contributed by atoms with Gasteiger partial charge in [0.15, 0.2) is 0 Å². The highest BCUT2D eigenvalue weighted by molar-refractivity contribution is 5.85. The van der Waals surface area contributed by atoms with Gasteiger partial charge in [0.2, 0.25) is 0 Å². The molecule has 0 bridgehead atoms. The van der Waals surface area contributed by atoms with Crippen molar-refractivity contribution < 1.29 is 0 Å². The molecule has 0 heterocycles. The lowest BCUT2D eigenvalue weighted by Crippen LogP contribution is -1.73. The van der Waals surface area contributed by atoms with E-state index in [1.807, 2.05) is 6.07 Å². The lowest BCUT2D eigenvalue weighted by atomic mass is 10.2. The minimum atomic E-state index is 0. The van der Waals surface area contributed by atoms with Crippen LogP contribution in [-0.4, -0.2) is 0 Å². The topological polar surface area (TPSA) is 0 Å². The average Bonchev–Trinajstić information content (AvgIpc) is 1.90. The van der Waals surface area contributed by atoms with Crippen LogP contribution in [0.1, 0.15) is 12.5 Å². The summed E-state index contributed by atoms with van der Waals surface area (Å²) in [6.45, 7) is 2.16. The zero-order valence-corrected chi connectivity index (χ0v) is 7.54. The molecule has 0 fully saturated rings. The van der Waals surface area contributed by atoms with E-state index in [-0.39, 0.29) is 24.8 Å². The number of hydrogen-bond acceptors (Lipinski definition) is 0. The molecule has 0 saturated carbocycles. The van der Waals surface area contributed by atoms with Crippen LogP contribution in [0.5, 0.6) is 0 Å². The second-order valence-corrected chi connectivity index (χ2v) is 1.84. The zero-order chi connectivity index (χ0) is 5.82. The van der Waals surface area contributed by atoms with Gasteiger partial charge in [-0.1, -0.05) is 37.3 Å². The molecule has 0 aliphatic carbocycles. The highest BCUT2D eigenvalue weighted by atomic mass is 35.5. The SMILES string of the molecule is CCc1ccccc1.Cl.Cl. The fourth-order valence-electron chi connectivity index (χ4n) is 0.714. The summed E-state index contributed by atoms with van der Waals surface area (Å²) in [5.41, 5.74) is 1.41. The van der Waals surface area contributed by atoms with Crippen molar-refractivity contribution in [3.05, 3.63) is 35.9 Å². The quantitative estimate of drug-likeness (QED) is 0.621. The second kappa shape index (κ2) is 6.91.